The summed E-state index contributed by atoms with van der Waals surface area (Å²) in [6, 6.07) is 8.47. The number of halogens is 1. The first-order chi connectivity index (χ1) is 8.42. The number of benzene rings is 1. The van der Waals surface area contributed by atoms with Gasteiger partial charge in [-0.25, -0.2) is 8.42 Å². The van der Waals surface area contributed by atoms with E-state index in [2.05, 4.69) is 40.3 Å². The molecule has 3 nitrogen and oxygen atoms in total. The summed E-state index contributed by atoms with van der Waals surface area (Å²) in [5.74, 6) is 0.245. The Morgan fingerprint density at radius 1 is 1.39 bits per heavy atom. The highest BCUT2D eigenvalue weighted by Gasteiger charge is 2.09. The molecule has 1 aromatic rings. The zero-order valence-electron chi connectivity index (χ0n) is 10.8. The summed E-state index contributed by atoms with van der Waals surface area (Å²) in [7, 11) is -2.85. The molecule has 0 spiro atoms. The zero-order valence-corrected chi connectivity index (χ0v) is 13.2. The van der Waals surface area contributed by atoms with E-state index in [1.54, 1.807) is 0 Å². The van der Waals surface area contributed by atoms with Gasteiger partial charge in [-0.1, -0.05) is 35.0 Å². The van der Waals surface area contributed by atoms with Crippen LogP contribution >= 0.6 is 15.9 Å². The average Bonchev–Trinajstić information content (AvgIpc) is 2.27. The number of hydrogen-bond donors (Lipinski definition) is 1. The van der Waals surface area contributed by atoms with Gasteiger partial charge in [0.2, 0.25) is 0 Å². The molecule has 5 heteroatoms. The molecule has 1 N–H and O–H groups in total. The predicted octanol–water partition coefficient (Wildman–Crippen LogP) is 2.92. The minimum atomic E-state index is -2.85. The van der Waals surface area contributed by atoms with Crippen LogP contribution in [0.15, 0.2) is 28.7 Å². The van der Waals surface area contributed by atoms with E-state index in [-0.39, 0.29) is 11.8 Å². The van der Waals surface area contributed by atoms with E-state index in [1.807, 2.05) is 12.1 Å². The zero-order chi connectivity index (χ0) is 13.6. The van der Waals surface area contributed by atoms with E-state index in [0.29, 0.717) is 6.42 Å². The van der Waals surface area contributed by atoms with Crippen molar-refractivity contribution in [2.24, 2.45) is 0 Å². The lowest BCUT2D eigenvalue weighted by atomic mass is 10.0. The first-order valence-electron chi connectivity index (χ1n) is 6.09. The Labute approximate surface area is 118 Å². The molecule has 102 valence electrons. The SMILES string of the molecule is CCC(NCCCS(C)(=O)=O)c1cccc(Br)c1. The molecule has 0 heterocycles. The second-order valence-electron chi connectivity index (χ2n) is 4.45. The Kier molecular flexibility index (Phi) is 6.32. The maximum absolute atomic E-state index is 11.0. The average molecular weight is 334 g/mol. The third kappa shape index (κ3) is 5.98. The number of sulfone groups is 1. The molecule has 0 saturated heterocycles. The smallest absolute Gasteiger partial charge is 0.147 e. The third-order valence-electron chi connectivity index (χ3n) is 2.74. The molecule has 0 saturated carbocycles. The van der Waals surface area contributed by atoms with Gasteiger partial charge in [0.15, 0.2) is 0 Å². The van der Waals surface area contributed by atoms with Crippen molar-refractivity contribution >= 4 is 25.8 Å². The van der Waals surface area contributed by atoms with Crippen molar-refractivity contribution in [3.8, 4) is 0 Å². The highest BCUT2D eigenvalue weighted by atomic mass is 79.9. The normalized spacial score (nSPS) is 13.5. The second kappa shape index (κ2) is 7.26. The Morgan fingerprint density at radius 2 is 2.11 bits per heavy atom. The first-order valence-corrected chi connectivity index (χ1v) is 8.94. The molecule has 1 aromatic carbocycles. The molecule has 1 atom stereocenters. The lowest BCUT2D eigenvalue weighted by Crippen LogP contribution is -2.23. The molecule has 0 aliphatic carbocycles. The molecule has 1 rings (SSSR count). The van der Waals surface area contributed by atoms with E-state index in [0.717, 1.165) is 17.4 Å². The monoisotopic (exact) mass is 333 g/mol. The van der Waals surface area contributed by atoms with Gasteiger partial charge in [0.1, 0.15) is 9.84 Å². The maximum atomic E-state index is 11.0. The van der Waals surface area contributed by atoms with Crippen molar-refractivity contribution in [3.63, 3.8) is 0 Å². The summed E-state index contributed by atoms with van der Waals surface area (Å²) in [6.07, 6.45) is 2.91. The van der Waals surface area contributed by atoms with Gasteiger partial charge in [-0.2, -0.15) is 0 Å². The largest absolute Gasteiger partial charge is 0.310 e. The Morgan fingerprint density at radius 3 is 2.67 bits per heavy atom. The lowest BCUT2D eigenvalue weighted by Gasteiger charge is -2.17. The quantitative estimate of drug-likeness (QED) is 0.780. The molecule has 0 aliphatic rings. The highest BCUT2D eigenvalue weighted by molar-refractivity contribution is 9.10. The van der Waals surface area contributed by atoms with E-state index in [4.69, 9.17) is 0 Å². The standard InChI is InChI=1S/C13H20BrNO2S/c1-3-13(11-6-4-7-12(14)10-11)15-8-5-9-18(2,16)17/h4,6-7,10,13,15H,3,5,8-9H2,1-2H3. The molecule has 0 amide bonds. The van der Waals surface area contributed by atoms with Gasteiger partial charge < -0.3 is 5.32 Å². The van der Waals surface area contributed by atoms with E-state index in [9.17, 15) is 8.42 Å². The molecule has 0 fully saturated rings. The van der Waals surface area contributed by atoms with Gasteiger partial charge in [-0.3, -0.25) is 0 Å². The van der Waals surface area contributed by atoms with Crippen molar-refractivity contribution in [2.75, 3.05) is 18.6 Å². The van der Waals surface area contributed by atoms with Crippen molar-refractivity contribution in [1.29, 1.82) is 0 Å². The van der Waals surface area contributed by atoms with Crippen molar-refractivity contribution in [2.45, 2.75) is 25.8 Å². The van der Waals surface area contributed by atoms with Crippen LogP contribution in [0.2, 0.25) is 0 Å². The van der Waals surface area contributed by atoms with Crippen LogP contribution in [0.5, 0.6) is 0 Å². The van der Waals surface area contributed by atoms with E-state index < -0.39 is 9.84 Å². The van der Waals surface area contributed by atoms with Gasteiger partial charge in [-0.05, 0) is 37.1 Å². The first kappa shape index (κ1) is 15.7. The number of nitrogens with one attached hydrogen (secondary N) is 1. The molecule has 0 bridgehead atoms. The topological polar surface area (TPSA) is 46.2 Å². The molecule has 1 unspecified atom stereocenters. The Hall–Kier alpha value is -0.390. The van der Waals surface area contributed by atoms with Gasteiger partial charge in [-0.15, -0.1) is 0 Å². The fraction of sp³-hybridized carbons (Fsp3) is 0.538. The van der Waals surface area contributed by atoms with Crippen LogP contribution in [-0.4, -0.2) is 27.0 Å². The summed E-state index contributed by atoms with van der Waals surface area (Å²) in [5, 5.41) is 3.40. The summed E-state index contributed by atoms with van der Waals surface area (Å²) in [6.45, 7) is 2.84. The van der Waals surface area contributed by atoms with Crippen LogP contribution in [0, 0.1) is 0 Å². The number of hydrogen-bond acceptors (Lipinski definition) is 3. The minimum Gasteiger partial charge on any atom is -0.310 e. The maximum Gasteiger partial charge on any atom is 0.147 e. The van der Waals surface area contributed by atoms with Crippen LogP contribution < -0.4 is 5.32 Å². The minimum absolute atomic E-state index is 0.245. The fourth-order valence-electron chi connectivity index (χ4n) is 1.83. The second-order valence-corrected chi connectivity index (χ2v) is 7.63. The van der Waals surface area contributed by atoms with Crippen molar-refractivity contribution in [1.82, 2.24) is 5.32 Å². The molecular weight excluding hydrogens is 314 g/mol. The molecule has 0 aromatic heterocycles. The molecule has 0 radical (unpaired) electrons. The third-order valence-corrected chi connectivity index (χ3v) is 4.27. The Bertz CT molecular complexity index is 474. The number of rotatable bonds is 7. The van der Waals surface area contributed by atoms with E-state index >= 15 is 0 Å². The van der Waals surface area contributed by atoms with Gasteiger partial charge in [0.05, 0.1) is 5.75 Å². The van der Waals surface area contributed by atoms with Crippen LogP contribution in [0.1, 0.15) is 31.4 Å². The fourth-order valence-corrected chi connectivity index (χ4v) is 2.92. The molecular formula is C13H20BrNO2S. The van der Waals surface area contributed by atoms with Crippen LogP contribution in [0.3, 0.4) is 0 Å². The van der Waals surface area contributed by atoms with Crippen LogP contribution in [0.25, 0.3) is 0 Å². The van der Waals surface area contributed by atoms with E-state index in [1.165, 1.54) is 11.8 Å². The van der Waals surface area contributed by atoms with Gasteiger partial charge in [0.25, 0.3) is 0 Å². The van der Waals surface area contributed by atoms with Crippen LogP contribution in [0.4, 0.5) is 0 Å². The summed E-state index contributed by atoms with van der Waals surface area (Å²) in [5.41, 5.74) is 1.23. The summed E-state index contributed by atoms with van der Waals surface area (Å²) < 4.78 is 23.1. The highest BCUT2D eigenvalue weighted by Crippen LogP contribution is 2.20. The predicted molar refractivity (Wildman–Crippen MR) is 79.5 cm³/mol. The Balaban J connectivity index is 2.48. The van der Waals surface area contributed by atoms with Gasteiger partial charge in [0, 0.05) is 16.8 Å². The summed E-state index contributed by atoms with van der Waals surface area (Å²) in [4.78, 5) is 0. The van der Waals surface area contributed by atoms with Gasteiger partial charge >= 0.3 is 0 Å². The summed E-state index contributed by atoms with van der Waals surface area (Å²) >= 11 is 3.46. The molecule has 0 aliphatic heterocycles. The molecule has 18 heavy (non-hydrogen) atoms. The van der Waals surface area contributed by atoms with Crippen molar-refractivity contribution in [3.05, 3.63) is 34.3 Å². The lowest BCUT2D eigenvalue weighted by molar-refractivity contribution is 0.516. The van der Waals surface area contributed by atoms with Crippen LogP contribution in [-0.2, 0) is 9.84 Å². The van der Waals surface area contributed by atoms with Crippen molar-refractivity contribution < 1.29 is 8.42 Å².